The molecule has 0 aliphatic carbocycles. The smallest absolute Gasteiger partial charge is 0.257 e. The second-order valence-electron chi connectivity index (χ2n) is 8.81. The number of benzene rings is 2. The fourth-order valence-corrected chi connectivity index (χ4v) is 4.56. The molecule has 0 radical (unpaired) electrons. The maximum atomic E-state index is 14.5. The van der Waals surface area contributed by atoms with Crippen LogP contribution >= 0.6 is 0 Å². The number of carbonyl (C=O) groups excluding carboxylic acids is 1. The maximum absolute atomic E-state index is 14.5. The molecule has 1 aliphatic heterocycles. The number of hydrogen-bond donors (Lipinski definition) is 1. The molecule has 2 atom stereocenters. The Morgan fingerprint density at radius 3 is 2.45 bits per heavy atom. The third kappa shape index (κ3) is 3.78. The first-order valence-corrected chi connectivity index (χ1v) is 11.0. The molecular weight excluding hydrogens is 421 g/mol. The summed E-state index contributed by atoms with van der Waals surface area (Å²) in [5, 5.41) is 7.53. The van der Waals surface area contributed by atoms with Crippen LogP contribution in [0.25, 0.3) is 21.9 Å². The van der Waals surface area contributed by atoms with Gasteiger partial charge in [-0.3, -0.25) is 24.3 Å². The molecule has 4 aromatic rings. The molecule has 0 bridgehead atoms. The molecule has 1 amide bonds. The van der Waals surface area contributed by atoms with E-state index in [2.05, 4.69) is 51.1 Å². The van der Waals surface area contributed by atoms with Crippen molar-refractivity contribution >= 4 is 39.2 Å². The van der Waals surface area contributed by atoms with Crippen LogP contribution in [0.5, 0.6) is 0 Å². The second-order valence-corrected chi connectivity index (χ2v) is 8.81. The molecule has 2 aromatic carbocycles. The number of nitrogens with one attached hydrogen (secondary N) is 1. The summed E-state index contributed by atoms with van der Waals surface area (Å²) in [5.74, 6) is -0.850. The number of aromatic nitrogens is 4. The third-order valence-electron chi connectivity index (χ3n) is 6.48. The van der Waals surface area contributed by atoms with Crippen LogP contribution in [0.3, 0.4) is 0 Å². The first-order chi connectivity index (χ1) is 15.8. The van der Waals surface area contributed by atoms with E-state index >= 15 is 0 Å². The van der Waals surface area contributed by atoms with Crippen molar-refractivity contribution in [2.45, 2.75) is 25.9 Å². The minimum absolute atomic E-state index is 0.270. The highest BCUT2D eigenvalue weighted by atomic mass is 19.1. The number of amides is 1. The van der Waals surface area contributed by atoms with Gasteiger partial charge in [0.2, 0.25) is 0 Å². The summed E-state index contributed by atoms with van der Waals surface area (Å²) in [5.41, 5.74) is 3.19. The standard InChI is InChI=1S/C24H26FN7O/c1-14-11-32(12-15(2)31(14)4)20-6-5-18(22-23(20)27-8-7-26-22)24(33)28-17-9-16-13-30(3)29-21(16)19(25)10-17/h5-10,13-15H,11-12H2,1-4H3,(H,28,33)/t14-,15-/m0/s1. The molecule has 1 fully saturated rings. The Morgan fingerprint density at radius 2 is 1.73 bits per heavy atom. The van der Waals surface area contributed by atoms with Crippen LogP contribution in [0.2, 0.25) is 0 Å². The van der Waals surface area contributed by atoms with Gasteiger partial charge in [0.25, 0.3) is 5.91 Å². The maximum Gasteiger partial charge on any atom is 0.257 e. The average Bonchev–Trinajstić information content (AvgIpc) is 3.17. The highest BCUT2D eigenvalue weighted by Gasteiger charge is 2.28. The molecule has 5 rings (SSSR count). The SMILES string of the molecule is C[C@H]1CN(c2ccc(C(=O)Nc3cc(F)c4nn(C)cc4c3)c3nccnc23)C[C@H](C)N1C. The van der Waals surface area contributed by atoms with Crippen LogP contribution in [-0.4, -0.2) is 62.8 Å². The fraction of sp³-hybridized carbons (Fsp3) is 0.333. The number of aryl methyl sites for hydroxylation is 1. The first-order valence-electron chi connectivity index (χ1n) is 11.0. The van der Waals surface area contributed by atoms with Gasteiger partial charge >= 0.3 is 0 Å². The molecule has 8 nitrogen and oxygen atoms in total. The summed E-state index contributed by atoms with van der Waals surface area (Å²) < 4.78 is 16.0. The van der Waals surface area contributed by atoms with E-state index in [9.17, 15) is 9.18 Å². The zero-order valence-electron chi connectivity index (χ0n) is 19.1. The topological polar surface area (TPSA) is 79.2 Å². The van der Waals surface area contributed by atoms with E-state index in [1.807, 2.05) is 6.07 Å². The molecule has 1 N–H and O–H groups in total. The van der Waals surface area contributed by atoms with Crippen molar-refractivity contribution in [1.29, 1.82) is 0 Å². The molecule has 0 unspecified atom stereocenters. The van der Waals surface area contributed by atoms with Gasteiger partial charge in [-0.05, 0) is 45.2 Å². The Kier molecular flexibility index (Phi) is 5.20. The zero-order chi connectivity index (χ0) is 23.3. The molecule has 9 heteroatoms. The largest absolute Gasteiger partial charge is 0.367 e. The number of piperazine rings is 1. The van der Waals surface area contributed by atoms with Crippen LogP contribution in [-0.2, 0) is 7.05 Å². The van der Waals surface area contributed by atoms with E-state index in [4.69, 9.17) is 0 Å². The van der Waals surface area contributed by atoms with Crippen LogP contribution in [0.4, 0.5) is 15.8 Å². The summed E-state index contributed by atoms with van der Waals surface area (Å²) in [6.45, 7) is 6.14. The lowest BCUT2D eigenvalue weighted by Gasteiger charge is -2.43. The van der Waals surface area contributed by atoms with Gasteiger partial charge in [0.05, 0.1) is 11.3 Å². The summed E-state index contributed by atoms with van der Waals surface area (Å²) in [6, 6.07) is 7.47. The van der Waals surface area contributed by atoms with Crippen molar-refractivity contribution in [3.63, 3.8) is 0 Å². The minimum Gasteiger partial charge on any atom is -0.367 e. The van der Waals surface area contributed by atoms with Gasteiger partial charge in [0.1, 0.15) is 16.6 Å². The predicted octanol–water partition coefficient (Wildman–Crippen LogP) is 3.44. The molecule has 1 aliphatic rings. The fourth-order valence-electron chi connectivity index (χ4n) is 4.56. The van der Waals surface area contributed by atoms with Gasteiger partial charge in [-0.2, -0.15) is 5.10 Å². The normalized spacial score (nSPS) is 19.4. The van der Waals surface area contributed by atoms with Crippen molar-refractivity contribution in [3.05, 3.63) is 54.2 Å². The Labute approximate surface area is 191 Å². The monoisotopic (exact) mass is 447 g/mol. The van der Waals surface area contributed by atoms with Gasteiger partial charge in [0, 0.05) is 61.9 Å². The highest BCUT2D eigenvalue weighted by Crippen LogP contribution is 2.30. The molecule has 3 heterocycles. The highest BCUT2D eigenvalue weighted by molar-refractivity contribution is 6.13. The molecule has 0 spiro atoms. The molecular formula is C24H26FN7O. The van der Waals surface area contributed by atoms with E-state index in [1.165, 1.54) is 6.07 Å². The molecule has 170 valence electrons. The lowest BCUT2D eigenvalue weighted by Crippen LogP contribution is -2.55. The molecule has 0 saturated carbocycles. The lowest BCUT2D eigenvalue weighted by atomic mass is 10.1. The van der Waals surface area contributed by atoms with E-state index in [0.29, 0.717) is 39.8 Å². The van der Waals surface area contributed by atoms with Crippen LogP contribution < -0.4 is 10.2 Å². The van der Waals surface area contributed by atoms with Gasteiger partial charge in [0.15, 0.2) is 5.82 Å². The van der Waals surface area contributed by atoms with Crippen molar-refractivity contribution in [3.8, 4) is 0 Å². The third-order valence-corrected chi connectivity index (χ3v) is 6.48. The number of anilines is 2. The zero-order valence-corrected chi connectivity index (χ0v) is 19.1. The number of nitrogens with zero attached hydrogens (tertiary/aromatic N) is 6. The van der Waals surface area contributed by atoms with E-state index in [1.54, 1.807) is 42.5 Å². The minimum atomic E-state index is -0.485. The Bertz CT molecular complexity index is 1360. The van der Waals surface area contributed by atoms with Gasteiger partial charge in [-0.1, -0.05) is 0 Å². The van der Waals surface area contributed by atoms with Crippen molar-refractivity contribution in [2.24, 2.45) is 7.05 Å². The van der Waals surface area contributed by atoms with Crippen molar-refractivity contribution in [1.82, 2.24) is 24.6 Å². The van der Waals surface area contributed by atoms with Crippen LogP contribution in [0, 0.1) is 5.82 Å². The number of rotatable bonds is 3. The summed E-state index contributed by atoms with van der Waals surface area (Å²) in [4.78, 5) is 26.9. The second kappa shape index (κ2) is 8.08. The first kappa shape index (κ1) is 21.3. The molecule has 1 saturated heterocycles. The molecule has 2 aromatic heterocycles. The van der Waals surface area contributed by atoms with Crippen molar-refractivity contribution < 1.29 is 9.18 Å². The number of fused-ring (bicyclic) bond motifs is 2. The van der Waals surface area contributed by atoms with Gasteiger partial charge in [-0.15, -0.1) is 0 Å². The average molecular weight is 448 g/mol. The quantitative estimate of drug-likeness (QED) is 0.518. The number of carbonyl (C=O) groups is 1. The van der Waals surface area contributed by atoms with Gasteiger partial charge < -0.3 is 10.2 Å². The van der Waals surface area contributed by atoms with Crippen LogP contribution in [0.1, 0.15) is 24.2 Å². The predicted molar refractivity (Wildman–Crippen MR) is 127 cm³/mol. The number of halogens is 1. The summed E-state index contributed by atoms with van der Waals surface area (Å²) in [7, 11) is 3.87. The Morgan fingerprint density at radius 1 is 1.03 bits per heavy atom. The number of hydrogen-bond acceptors (Lipinski definition) is 6. The van der Waals surface area contributed by atoms with Gasteiger partial charge in [-0.25, -0.2) is 4.39 Å². The Balaban J connectivity index is 1.49. The lowest BCUT2D eigenvalue weighted by molar-refractivity contribution is 0.102. The summed E-state index contributed by atoms with van der Waals surface area (Å²) >= 11 is 0. The summed E-state index contributed by atoms with van der Waals surface area (Å²) in [6.07, 6.45) is 4.93. The van der Waals surface area contributed by atoms with Crippen LogP contribution in [0.15, 0.2) is 42.9 Å². The Hall–Kier alpha value is -3.59. The number of likely N-dealkylation sites (N-methyl/N-ethyl adjacent to an activating group) is 1. The molecule has 33 heavy (non-hydrogen) atoms. The van der Waals surface area contributed by atoms with E-state index in [-0.39, 0.29) is 11.4 Å². The van der Waals surface area contributed by atoms with E-state index in [0.717, 1.165) is 18.8 Å². The van der Waals surface area contributed by atoms with Crippen molar-refractivity contribution in [2.75, 3.05) is 30.4 Å². The van der Waals surface area contributed by atoms with E-state index < -0.39 is 5.82 Å².